The van der Waals surface area contributed by atoms with Crippen LogP contribution in [0.1, 0.15) is 50.3 Å². The number of carbonyl (C=O) groups excluding carboxylic acids is 2. The number of benzene rings is 2. The Balaban J connectivity index is 2.17. The quantitative estimate of drug-likeness (QED) is 0.605. The molecule has 0 aromatic heterocycles. The van der Waals surface area contributed by atoms with Gasteiger partial charge in [-0.15, -0.1) is 0 Å². The van der Waals surface area contributed by atoms with E-state index in [9.17, 15) is 9.59 Å². The summed E-state index contributed by atoms with van der Waals surface area (Å²) in [4.78, 5) is 26.9. The van der Waals surface area contributed by atoms with E-state index in [1.165, 1.54) is 7.11 Å². The van der Waals surface area contributed by atoms with E-state index in [4.69, 9.17) is 21.1 Å². The largest absolute Gasteiger partial charge is 0.381 e. The van der Waals surface area contributed by atoms with Crippen LogP contribution in [-0.4, -0.2) is 36.5 Å². The zero-order chi connectivity index (χ0) is 22.3. The normalized spacial score (nSPS) is 23.6. The van der Waals surface area contributed by atoms with Gasteiger partial charge in [-0.1, -0.05) is 36.7 Å². The van der Waals surface area contributed by atoms with Gasteiger partial charge in [0.15, 0.2) is 11.6 Å². The molecule has 2 aromatic carbocycles. The Morgan fingerprint density at radius 1 is 1.03 bits per heavy atom. The number of hydrogen-bond acceptors (Lipinski definition) is 4. The second-order valence-electron chi connectivity index (χ2n) is 8.67. The van der Waals surface area contributed by atoms with E-state index in [1.54, 1.807) is 20.8 Å². The van der Waals surface area contributed by atoms with Crippen LogP contribution in [0, 0.1) is 6.92 Å². The summed E-state index contributed by atoms with van der Waals surface area (Å²) < 4.78 is 11.2. The molecule has 1 heterocycles. The molecule has 0 radical (unpaired) electrons. The van der Waals surface area contributed by atoms with Crippen molar-refractivity contribution in [2.24, 2.45) is 0 Å². The predicted octanol–water partition coefficient (Wildman–Crippen LogP) is 5.31. The molecule has 1 saturated heterocycles. The lowest BCUT2D eigenvalue weighted by molar-refractivity contribution is -0.195. The van der Waals surface area contributed by atoms with Gasteiger partial charge in [-0.3, -0.25) is 9.59 Å². The van der Waals surface area contributed by atoms with Gasteiger partial charge >= 0.3 is 0 Å². The highest BCUT2D eigenvalue weighted by Crippen LogP contribution is 2.41. The molecule has 0 aliphatic carbocycles. The Labute approximate surface area is 183 Å². The summed E-state index contributed by atoms with van der Waals surface area (Å²) in [7, 11) is 1.53. The van der Waals surface area contributed by atoms with Crippen molar-refractivity contribution >= 4 is 23.2 Å². The molecule has 0 amide bonds. The number of ether oxygens (including phenoxy) is 2. The van der Waals surface area contributed by atoms with Gasteiger partial charge in [0.25, 0.3) is 0 Å². The number of halogens is 1. The van der Waals surface area contributed by atoms with Crippen LogP contribution in [0.4, 0.5) is 0 Å². The van der Waals surface area contributed by atoms with Crippen molar-refractivity contribution in [1.82, 2.24) is 0 Å². The highest BCUT2D eigenvalue weighted by Gasteiger charge is 2.55. The van der Waals surface area contributed by atoms with Crippen molar-refractivity contribution in [2.45, 2.75) is 58.2 Å². The zero-order valence-electron chi connectivity index (χ0n) is 18.5. The maximum Gasteiger partial charge on any atom is 0.181 e. The molecule has 3 rings (SSSR count). The Morgan fingerprint density at radius 3 is 2.27 bits per heavy atom. The minimum Gasteiger partial charge on any atom is -0.381 e. The average molecular weight is 429 g/mol. The van der Waals surface area contributed by atoms with E-state index in [0.717, 1.165) is 27.8 Å². The van der Waals surface area contributed by atoms with E-state index in [1.807, 2.05) is 50.2 Å². The third-order valence-electron chi connectivity index (χ3n) is 5.87. The Morgan fingerprint density at radius 2 is 1.67 bits per heavy atom. The fourth-order valence-electron chi connectivity index (χ4n) is 4.28. The van der Waals surface area contributed by atoms with Gasteiger partial charge in [0.05, 0.1) is 6.61 Å². The molecule has 30 heavy (non-hydrogen) atoms. The second-order valence-corrected chi connectivity index (χ2v) is 9.08. The highest BCUT2D eigenvalue weighted by atomic mass is 35.5. The minimum absolute atomic E-state index is 0.0938. The number of ketones is 2. The number of carbonyl (C=O) groups is 2. The smallest absolute Gasteiger partial charge is 0.181 e. The molecule has 2 unspecified atom stereocenters. The summed E-state index contributed by atoms with van der Waals surface area (Å²) in [6, 6.07) is 11.8. The van der Waals surface area contributed by atoms with Crippen LogP contribution in [-0.2, 0) is 25.5 Å². The maximum atomic E-state index is 13.5. The van der Waals surface area contributed by atoms with Crippen LogP contribution in [0.2, 0.25) is 5.02 Å². The lowest BCUT2D eigenvalue weighted by atomic mass is 9.73. The lowest BCUT2D eigenvalue weighted by Crippen LogP contribution is -2.61. The first-order chi connectivity index (χ1) is 14.0. The van der Waals surface area contributed by atoms with Crippen molar-refractivity contribution in [1.29, 1.82) is 0 Å². The lowest BCUT2D eigenvalue weighted by Gasteiger charge is -2.44. The van der Waals surface area contributed by atoms with Crippen molar-refractivity contribution < 1.29 is 19.1 Å². The van der Waals surface area contributed by atoms with Crippen molar-refractivity contribution in [3.05, 3.63) is 58.1 Å². The van der Waals surface area contributed by atoms with Gasteiger partial charge in [-0.05, 0) is 80.1 Å². The molecular weight excluding hydrogens is 400 g/mol. The molecule has 0 bridgehead atoms. The van der Waals surface area contributed by atoms with E-state index in [-0.39, 0.29) is 18.2 Å². The summed E-state index contributed by atoms with van der Waals surface area (Å²) >= 11 is 6.18. The van der Waals surface area contributed by atoms with Crippen LogP contribution in [0.25, 0.3) is 11.1 Å². The van der Waals surface area contributed by atoms with Gasteiger partial charge in [0.1, 0.15) is 17.1 Å². The van der Waals surface area contributed by atoms with Gasteiger partial charge in [-0.2, -0.15) is 0 Å². The molecule has 1 aliphatic rings. The van der Waals surface area contributed by atoms with Gasteiger partial charge < -0.3 is 9.47 Å². The van der Waals surface area contributed by atoms with Crippen LogP contribution in [0.15, 0.2) is 36.4 Å². The number of aryl methyl sites for hydroxylation is 2. The molecule has 2 aromatic rings. The molecule has 1 fully saturated rings. The topological polar surface area (TPSA) is 52.6 Å². The van der Waals surface area contributed by atoms with E-state index >= 15 is 0 Å². The summed E-state index contributed by atoms with van der Waals surface area (Å²) in [6.45, 7) is 9.23. The van der Waals surface area contributed by atoms with E-state index in [0.29, 0.717) is 11.4 Å². The molecule has 0 spiro atoms. The van der Waals surface area contributed by atoms with Crippen molar-refractivity contribution in [3.63, 3.8) is 0 Å². The molecule has 1 aliphatic heterocycles. The molecule has 0 N–H and O–H groups in total. The second kappa shape index (κ2) is 8.26. The molecule has 160 valence electrons. The van der Waals surface area contributed by atoms with Crippen molar-refractivity contribution in [3.8, 4) is 11.1 Å². The maximum absolute atomic E-state index is 13.5. The summed E-state index contributed by atoms with van der Waals surface area (Å²) in [5, 5.41) is 0.705. The van der Waals surface area contributed by atoms with Gasteiger partial charge in [0, 0.05) is 12.1 Å². The van der Waals surface area contributed by atoms with Crippen LogP contribution >= 0.6 is 11.6 Å². The fourth-order valence-corrected chi connectivity index (χ4v) is 4.40. The van der Waals surface area contributed by atoms with E-state index < -0.39 is 17.1 Å². The molecule has 2 atom stereocenters. The SMILES string of the molecule is CCc1ccc(-c2ccc(Cl)c(C)c2)cc1C1C(=O)C(C)(C)OC(C)(COC)C1=O. The Kier molecular flexibility index (Phi) is 6.24. The van der Waals surface area contributed by atoms with Crippen molar-refractivity contribution in [2.75, 3.05) is 13.7 Å². The van der Waals surface area contributed by atoms with Crippen LogP contribution < -0.4 is 0 Å². The molecule has 4 nitrogen and oxygen atoms in total. The standard InChI is InChI=1S/C25H29ClO4/c1-7-16-8-9-18(17-10-11-20(26)15(2)12-17)13-19(16)21-22(27)24(3,4)30-25(5,14-29-6)23(21)28/h8-13,21H,7,14H2,1-6H3. The third-order valence-corrected chi connectivity index (χ3v) is 6.29. The predicted molar refractivity (Wildman–Crippen MR) is 119 cm³/mol. The minimum atomic E-state index is -1.19. The summed E-state index contributed by atoms with van der Waals surface area (Å²) in [6.07, 6.45) is 0.717. The van der Waals surface area contributed by atoms with Crippen LogP contribution in [0.5, 0.6) is 0 Å². The Hall–Kier alpha value is -2.01. The number of rotatable bonds is 5. The average Bonchev–Trinajstić information content (AvgIpc) is 2.69. The zero-order valence-corrected chi connectivity index (χ0v) is 19.2. The third kappa shape index (κ3) is 3.96. The first-order valence-corrected chi connectivity index (χ1v) is 10.6. The number of Topliss-reactive ketones (excluding diaryl/α,β-unsaturated/α-hetero) is 2. The van der Waals surface area contributed by atoms with Gasteiger partial charge in [0.2, 0.25) is 0 Å². The van der Waals surface area contributed by atoms with Crippen LogP contribution in [0.3, 0.4) is 0 Å². The first kappa shape index (κ1) is 22.7. The highest BCUT2D eigenvalue weighted by molar-refractivity contribution is 6.31. The molecular formula is C25H29ClO4. The summed E-state index contributed by atoms with van der Waals surface area (Å²) in [5.41, 5.74) is 2.36. The number of methoxy groups -OCH3 is 1. The monoisotopic (exact) mass is 428 g/mol. The van der Waals surface area contributed by atoms with Gasteiger partial charge in [-0.25, -0.2) is 0 Å². The van der Waals surface area contributed by atoms with E-state index in [2.05, 4.69) is 0 Å². The fraction of sp³-hybridized carbons (Fsp3) is 0.440. The molecule has 0 saturated carbocycles. The molecule has 5 heteroatoms. The summed E-state index contributed by atoms with van der Waals surface area (Å²) in [5.74, 6) is -1.37. The number of hydrogen-bond donors (Lipinski definition) is 0. The Bertz CT molecular complexity index is 995. The first-order valence-electron chi connectivity index (χ1n) is 10.2.